The summed E-state index contributed by atoms with van der Waals surface area (Å²) in [5.74, 6) is -3.47. The molecule has 12 heteroatoms. The fourth-order valence-electron chi connectivity index (χ4n) is 2.90. The Balaban J connectivity index is 3.01. The second-order valence-electron chi connectivity index (χ2n) is 8.07. The van der Waals surface area contributed by atoms with E-state index in [2.05, 4.69) is 38.5 Å². The number of thiol groups is 1. The normalized spacial score (nSPS) is 15.8. The van der Waals surface area contributed by atoms with Crippen LogP contribution in [-0.2, 0) is 25.6 Å². The third-order valence-corrected chi connectivity index (χ3v) is 5.56. The zero-order valence-electron chi connectivity index (χ0n) is 18.8. The van der Waals surface area contributed by atoms with Crippen molar-refractivity contribution in [2.45, 2.75) is 64.7 Å². The summed E-state index contributed by atoms with van der Waals surface area (Å²) in [4.78, 5) is 56.5. The maximum absolute atomic E-state index is 13.0. The second kappa shape index (κ2) is 13.1. The lowest BCUT2D eigenvalue weighted by Crippen LogP contribution is -2.59. The Kier molecular flexibility index (Phi) is 11.2. The molecule has 180 valence electrons. The minimum atomic E-state index is -1.15. The lowest BCUT2D eigenvalue weighted by atomic mass is 9.97. The molecule has 0 saturated heterocycles. The maximum Gasteiger partial charge on any atom is 0.326 e. The molecule has 0 radical (unpaired) electrons. The summed E-state index contributed by atoms with van der Waals surface area (Å²) in [5.41, 5.74) is 6.30. The highest BCUT2D eigenvalue weighted by Crippen LogP contribution is 2.11. The standard InChI is InChI=1S/C20H34N6O5S/c1-5-11(4)16(20(30)31)26-19(29)15(10(2)3)25-18(28)14(6-12-7-22-9-23-12)24-17(27)13(21)8-32/h7,9-11,13-16,32H,5-6,8,21H2,1-4H3,(H,22,23)(H,24,27)(H,25,28)(H,26,29)(H,30,31). The van der Waals surface area contributed by atoms with E-state index in [9.17, 15) is 24.3 Å². The first-order valence-corrected chi connectivity index (χ1v) is 11.1. The molecule has 0 aliphatic heterocycles. The number of nitrogens with zero attached hydrogens (tertiary/aromatic N) is 1. The predicted molar refractivity (Wildman–Crippen MR) is 122 cm³/mol. The zero-order valence-corrected chi connectivity index (χ0v) is 19.7. The predicted octanol–water partition coefficient (Wildman–Crippen LogP) is -0.550. The topological polar surface area (TPSA) is 179 Å². The van der Waals surface area contributed by atoms with Gasteiger partial charge in [0.25, 0.3) is 0 Å². The van der Waals surface area contributed by atoms with Crippen molar-refractivity contribution >= 4 is 36.3 Å². The van der Waals surface area contributed by atoms with Gasteiger partial charge in [-0.2, -0.15) is 12.6 Å². The zero-order chi connectivity index (χ0) is 24.4. The van der Waals surface area contributed by atoms with E-state index < -0.39 is 47.9 Å². The van der Waals surface area contributed by atoms with E-state index in [0.717, 1.165) is 0 Å². The van der Waals surface area contributed by atoms with Gasteiger partial charge in [-0.05, 0) is 11.8 Å². The largest absolute Gasteiger partial charge is 0.480 e. The number of nitrogens with one attached hydrogen (secondary N) is 4. The molecule has 1 heterocycles. The highest BCUT2D eigenvalue weighted by Gasteiger charge is 2.33. The molecule has 5 atom stereocenters. The number of aromatic amines is 1. The molecule has 0 fully saturated rings. The summed E-state index contributed by atoms with van der Waals surface area (Å²) in [6.07, 6.45) is 3.60. The average Bonchev–Trinajstić information content (AvgIpc) is 3.26. The first-order chi connectivity index (χ1) is 15.0. The smallest absolute Gasteiger partial charge is 0.326 e. The van der Waals surface area contributed by atoms with E-state index in [0.29, 0.717) is 12.1 Å². The van der Waals surface area contributed by atoms with Crippen LogP contribution in [0.4, 0.5) is 0 Å². The molecule has 0 aliphatic rings. The van der Waals surface area contributed by atoms with Crippen molar-refractivity contribution < 1.29 is 24.3 Å². The van der Waals surface area contributed by atoms with Crippen molar-refractivity contribution in [2.24, 2.45) is 17.6 Å². The lowest BCUT2D eigenvalue weighted by Gasteiger charge is -2.28. The van der Waals surface area contributed by atoms with Crippen molar-refractivity contribution in [2.75, 3.05) is 5.75 Å². The van der Waals surface area contributed by atoms with Gasteiger partial charge in [0.05, 0.1) is 12.4 Å². The van der Waals surface area contributed by atoms with Gasteiger partial charge in [0.2, 0.25) is 17.7 Å². The number of rotatable bonds is 13. The van der Waals surface area contributed by atoms with E-state index >= 15 is 0 Å². The van der Waals surface area contributed by atoms with Gasteiger partial charge in [-0.25, -0.2) is 9.78 Å². The van der Waals surface area contributed by atoms with Crippen LogP contribution >= 0.6 is 12.6 Å². The van der Waals surface area contributed by atoms with Gasteiger partial charge in [0.15, 0.2) is 0 Å². The molecule has 3 amide bonds. The van der Waals surface area contributed by atoms with Crippen LogP contribution in [-0.4, -0.2) is 68.7 Å². The number of carbonyl (C=O) groups excluding carboxylic acids is 3. The Bertz CT molecular complexity index is 773. The fourth-order valence-corrected chi connectivity index (χ4v) is 3.07. The van der Waals surface area contributed by atoms with Gasteiger partial charge in [0, 0.05) is 24.1 Å². The van der Waals surface area contributed by atoms with Gasteiger partial charge in [-0.3, -0.25) is 14.4 Å². The number of aromatic nitrogens is 2. The Hall–Kier alpha value is -2.60. The van der Waals surface area contributed by atoms with E-state index in [-0.39, 0.29) is 24.0 Å². The number of amides is 3. The fraction of sp³-hybridized carbons (Fsp3) is 0.650. The maximum atomic E-state index is 13.0. The number of carbonyl (C=O) groups is 4. The minimum Gasteiger partial charge on any atom is -0.480 e. The summed E-state index contributed by atoms with van der Waals surface area (Å²) in [6.45, 7) is 7.00. The van der Waals surface area contributed by atoms with Crippen LogP contribution in [0, 0.1) is 11.8 Å². The second-order valence-corrected chi connectivity index (χ2v) is 8.44. The molecule has 1 aromatic rings. The molecular formula is C20H34N6O5S. The van der Waals surface area contributed by atoms with E-state index in [4.69, 9.17) is 5.73 Å². The number of hydrogen-bond acceptors (Lipinski definition) is 7. The summed E-state index contributed by atoms with van der Waals surface area (Å²) < 4.78 is 0. The number of carboxylic acid groups (broad SMARTS) is 1. The van der Waals surface area contributed by atoms with Gasteiger partial charge < -0.3 is 31.8 Å². The van der Waals surface area contributed by atoms with Crippen molar-refractivity contribution in [3.8, 4) is 0 Å². The van der Waals surface area contributed by atoms with Crippen LogP contribution in [0.1, 0.15) is 39.8 Å². The molecule has 11 nitrogen and oxygen atoms in total. The quantitative estimate of drug-likeness (QED) is 0.189. The SMILES string of the molecule is CCC(C)C(NC(=O)C(NC(=O)C(Cc1cnc[nH]1)NC(=O)C(N)CS)C(C)C)C(=O)O. The summed E-state index contributed by atoms with van der Waals surface area (Å²) in [5, 5.41) is 17.2. The molecule has 0 bridgehead atoms. The van der Waals surface area contributed by atoms with Crippen LogP contribution in [0.2, 0.25) is 0 Å². The number of aliphatic carboxylic acids is 1. The molecular weight excluding hydrogens is 436 g/mol. The van der Waals surface area contributed by atoms with Crippen LogP contribution in [0.3, 0.4) is 0 Å². The number of nitrogens with two attached hydrogens (primary N) is 1. The molecule has 5 unspecified atom stereocenters. The number of imidazole rings is 1. The first kappa shape index (κ1) is 27.4. The molecule has 7 N–H and O–H groups in total. The lowest BCUT2D eigenvalue weighted by molar-refractivity contribution is -0.144. The Morgan fingerprint density at radius 1 is 1.09 bits per heavy atom. The Morgan fingerprint density at radius 2 is 1.72 bits per heavy atom. The van der Waals surface area contributed by atoms with Crippen molar-refractivity contribution in [3.05, 3.63) is 18.2 Å². The number of H-pyrrole nitrogens is 1. The molecule has 0 aromatic carbocycles. The monoisotopic (exact) mass is 470 g/mol. The highest BCUT2D eigenvalue weighted by atomic mass is 32.1. The van der Waals surface area contributed by atoms with Crippen molar-refractivity contribution in [1.29, 1.82) is 0 Å². The van der Waals surface area contributed by atoms with Crippen molar-refractivity contribution in [1.82, 2.24) is 25.9 Å². The summed E-state index contributed by atoms with van der Waals surface area (Å²) >= 11 is 4.00. The van der Waals surface area contributed by atoms with Crippen LogP contribution in [0.15, 0.2) is 12.5 Å². The van der Waals surface area contributed by atoms with E-state index in [1.165, 1.54) is 12.5 Å². The van der Waals surface area contributed by atoms with Crippen LogP contribution in [0.25, 0.3) is 0 Å². The first-order valence-electron chi connectivity index (χ1n) is 10.5. The van der Waals surface area contributed by atoms with Gasteiger partial charge in [-0.1, -0.05) is 34.1 Å². The number of hydrogen-bond donors (Lipinski definition) is 7. The third-order valence-electron chi connectivity index (χ3n) is 5.17. The molecule has 0 aliphatic carbocycles. The van der Waals surface area contributed by atoms with Gasteiger partial charge in [-0.15, -0.1) is 0 Å². The molecule has 32 heavy (non-hydrogen) atoms. The van der Waals surface area contributed by atoms with Crippen LogP contribution in [0.5, 0.6) is 0 Å². The Labute approximate surface area is 193 Å². The van der Waals surface area contributed by atoms with E-state index in [1.54, 1.807) is 20.8 Å². The van der Waals surface area contributed by atoms with Crippen LogP contribution < -0.4 is 21.7 Å². The molecule has 1 rings (SSSR count). The molecule has 1 aromatic heterocycles. The highest BCUT2D eigenvalue weighted by molar-refractivity contribution is 7.80. The minimum absolute atomic E-state index is 0.0907. The van der Waals surface area contributed by atoms with Gasteiger partial charge >= 0.3 is 5.97 Å². The number of carboxylic acids is 1. The molecule has 0 spiro atoms. The average molecular weight is 471 g/mol. The Morgan fingerprint density at radius 3 is 2.19 bits per heavy atom. The van der Waals surface area contributed by atoms with E-state index in [1.807, 2.05) is 6.92 Å². The van der Waals surface area contributed by atoms with Crippen molar-refractivity contribution in [3.63, 3.8) is 0 Å². The van der Waals surface area contributed by atoms with Gasteiger partial charge in [0.1, 0.15) is 18.1 Å². The molecule has 0 saturated carbocycles. The summed E-state index contributed by atoms with van der Waals surface area (Å²) in [7, 11) is 0. The third kappa shape index (κ3) is 8.15. The summed E-state index contributed by atoms with van der Waals surface area (Å²) in [6, 6.07) is -4.04.